The van der Waals surface area contributed by atoms with Crippen LogP contribution >= 0.6 is 11.6 Å². The average Bonchev–Trinajstić information content (AvgIpc) is 2.90. The lowest BCUT2D eigenvalue weighted by molar-refractivity contribution is -0.147. The Balaban J connectivity index is 1.91. The third-order valence-corrected chi connectivity index (χ3v) is 4.10. The van der Waals surface area contributed by atoms with Crippen molar-refractivity contribution in [2.24, 2.45) is 0 Å². The molecule has 7 nitrogen and oxygen atoms in total. The lowest BCUT2D eigenvalue weighted by Gasteiger charge is -2.10. The summed E-state index contributed by atoms with van der Waals surface area (Å²) in [5, 5.41) is 3.16. The molecule has 1 aromatic carbocycles. The van der Waals surface area contributed by atoms with E-state index in [9.17, 15) is 14.4 Å². The van der Waals surface area contributed by atoms with Crippen molar-refractivity contribution in [3.8, 4) is 0 Å². The van der Waals surface area contributed by atoms with Crippen LogP contribution in [0.1, 0.15) is 28.7 Å². The molecule has 144 valence electrons. The number of rotatable bonds is 7. The van der Waals surface area contributed by atoms with Crippen LogP contribution in [0.5, 0.6) is 0 Å². The molecular formula is C19H21ClN2O5. The summed E-state index contributed by atoms with van der Waals surface area (Å²) in [5.74, 6) is -1.48. The monoisotopic (exact) mass is 392 g/mol. The number of nitrogens with zero attached hydrogens (tertiary/aromatic N) is 1. The molecule has 1 N–H and O–H groups in total. The minimum Gasteiger partial charge on any atom is -0.462 e. The van der Waals surface area contributed by atoms with E-state index in [-0.39, 0.29) is 13.2 Å². The Morgan fingerprint density at radius 1 is 1.11 bits per heavy atom. The summed E-state index contributed by atoms with van der Waals surface area (Å²) in [6.07, 6.45) is 0. The summed E-state index contributed by atoms with van der Waals surface area (Å²) in [5.41, 5.74) is 2.28. The number of hydrogen-bond donors (Lipinski definition) is 1. The van der Waals surface area contributed by atoms with Crippen LogP contribution in [0.4, 0.5) is 5.69 Å². The first-order valence-electron chi connectivity index (χ1n) is 8.36. The summed E-state index contributed by atoms with van der Waals surface area (Å²) in [6.45, 7) is 4.98. The maximum absolute atomic E-state index is 12.1. The molecule has 1 amide bonds. The highest BCUT2D eigenvalue weighted by Crippen LogP contribution is 2.16. The van der Waals surface area contributed by atoms with Gasteiger partial charge in [-0.05, 0) is 51.1 Å². The van der Waals surface area contributed by atoms with Gasteiger partial charge in [0.25, 0.3) is 5.91 Å². The van der Waals surface area contributed by atoms with Crippen LogP contribution in [0.15, 0.2) is 30.3 Å². The fraction of sp³-hybridized carbons (Fsp3) is 0.316. The normalized spacial score (nSPS) is 10.4. The molecule has 2 aromatic rings. The second-order valence-corrected chi connectivity index (χ2v) is 6.24. The van der Waals surface area contributed by atoms with Gasteiger partial charge in [-0.1, -0.05) is 11.6 Å². The predicted octanol–water partition coefficient (Wildman–Crippen LogP) is 3.12. The average molecular weight is 393 g/mol. The molecule has 1 aromatic heterocycles. The molecule has 0 saturated heterocycles. The van der Waals surface area contributed by atoms with E-state index in [0.29, 0.717) is 22.0 Å². The first-order valence-corrected chi connectivity index (χ1v) is 8.74. The topological polar surface area (TPSA) is 86.6 Å². The Morgan fingerprint density at radius 2 is 1.78 bits per heavy atom. The number of hydrogen-bond acceptors (Lipinski definition) is 5. The zero-order chi connectivity index (χ0) is 20.0. The highest BCUT2D eigenvalue weighted by atomic mass is 35.5. The molecule has 8 heteroatoms. The maximum atomic E-state index is 12.1. The van der Waals surface area contributed by atoms with Crippen molar-refractivity contribution in [3.05, 3.63) is 52.3 Å². The third kappa shape index (κ3) is 5.59. The van der Waals surface area contributed by atoms with Crippen molar-refractivity contribution in [2.75, 3.05) is 18.5 Å². The van der Waals surface area contributed by atoms with E-state index in [1.165, 1.54) is 0 Å². The van der Waals surface area contributed by atoms with E-state index >= 15 is 0 Å². The summed E-state index contributed by atoms with van der Waals surface area (Å²) in [4.78, 5) is 35.8. The summed E-state index contributed by atoms with van der Waals surface area (Å²) in [7, 11) is 0. The molecule has 27 heavy (non-hydrogen) atoms. The smallest absolute Gasteiger partial charge is 0.339 e. The molecule has 0 bridgehead atoms. The van der Waals surface area contributed by atoms with Gasteiger partial charge >= 0.3 is 11.9 Å². The number of carbonyl (C=O) groups excluding carboxylic acids is 3. The molecule has 0 saturated carbocycles. The van der Waals surface area contributed by atoms with E-state index in [0.717, 1.165) is 5.69 Å². The van der Waals surface area contributed by atoms with Crippen LogP contribution in [0.2, 0.25) is 5.02 Å². The fourth-order valence-corrected chi connectivity index (χ4v) is 2.64. The van der Waals surface area contributed by atoms with Gasteiger partial charge in [0.2, 0.25) is 0 Å². The first kappa shape index (κ1) is 20.5. The number of halogens is 1. The number of esters is 2. The third-order valence-electron chi connectivity index (χ3n) is 3.85. The van der Waals surface area contributed by atoms with Crippen LogP contribution in [-0.2, 0) is 25.6 Å². The van der Waals surface area contributed by atoms with E-state index in [2.05, 4.69) is 5.32 Å². The highest BCUT2D eigenvalue weighted by molar-refractivity contribution is 6.30. The summed E-state index contributed by atoms with van der Waals surface area (Å²) in [6, 6.07) is 8.23. The standard InChI is InChI=1S/C19H21ClN2O5/c1-4-26-19(25)16-9-12(2)22(13(16)3)10-18(24)27-11-17(23)21-15-7-5-14(20)6-8-15/h5-9H,4,10-11H2,1-3H3,(H,21,23). The van der Waals surface area contributed by atoms with Crippen LogP contribution in [-0.4, -0.2) is 35.6 Å². The predicted molar refractivity (Wildman–Crippen MR) is 101 cm³/mol. The number of benzene rings is 1. The van der Waals surface area contributed by atoms with E-state index in [4.69, 9.17) is 21.1 Å². The maximum Gasteiger partial charge on any atom is 0.339 e. The molecule has 0 aliphatic rings. The lowest BCUT2D eigenvalue weighted by Crippen LogP contribution is -2.23. The molecule has 0 spiro atoms. The van der Waals surface area contributed by atoms with Crippen molar-refractivity contribution in [3.63, 3.8) is 0 Å². The second-order valence-electron chi connectivity index (χ2n) is 5.81. The van der Waals surface area contributed by atoms with Gasteiger partial charge in [-0.2, -0.15) is 0 Å². The Morgan fingerprint density at radius 3 is 2.41 bits per heavy atom. The van der Waals surface area contributed by atoms with Gasteiger partial charge < -0.3 is 19.4 Å². The summed E-state index contributed by atoms with van der Waals surface area (Å²) < 4.78 is 11.7. The number of aromatic nitrogens is 1. The van der Waals surface area contributed by atoms with Crippen LogP contribution in [0, 0.1) is 13.8 Å². The van der Waals surface area contributed by atoms with Gasteiger partial charge in [-0.3, -0.25) is 9.59 Å². The molecule has 0 fully saturated rings. The minimum absolute atomic E-state index is 0.106. The van der Waals surface area contributed by atoms with Crippen molar-refractivity contribution in [1.29, 1.82) is 0 Å². The summed E-state index contributed by atoms with van der Waals surface area (Å²) >= 11 is 5.78. The molecule has 2 rings (SSSR count). The Labute approximate surface area is 162 Å². The van der Waals surface area contributed by atoms with Gasteiger partial charge in [-0.15, -0.1) is 0 Å². The van der Waals surface area contributed by atoms with Gasteiger partial charge in [0.05, 0.1) is 12.2 Å². The number of nitrogens with one attached hydrogen (secondary N) is 1. The largest absolute Gasteiger partial charge is 0.462 e. The molecule has 0 atom stereocenters. The number of amides is 1. The van der Waals surface area contributed by atoms with E-state index < -0.39 is 24.5 Å². The van der Waals surface area contributed by atoms with Gasteiger partial charge in [0.15, 0.2) is 6.61 Å². The van der Waals surface area contributed by atoms with Crippen LogP contribution < -0.4 is 5.32 Å². The Bertz CT molecular complexity index is 843. The SMILES string of the molecule is CCOC(=O)c1cc(C)n(CC(=O)OCC(=O)Nc2ccc(Cl)cc2)c1C. The minimum atomic E-state index is -0.585. The number of anilines is 1. The molecule has 0 aliphatic carbocycles. The van der Waals surface area contributed by atoms with Crippen LogP contribution in [0.25, 0.3) is 0 Å². The molecule has 0 aliphatic heterocycles. The number of aryl methyl sites for hydroxylation is 1. The zero-order valence-corrected chi connectivity index (χ0v) is 16.1. The Hall–Kier alpha value is -2.80. The van der Waals surface area contributed by atoms with Gasteiger partial charge in [0, 0.05) is 22.1 Å². The quantitative estimate of drug-likeness (QED) is 0.731. The van der Waals surface area contributed by atoms with Gasteiger partial charge in [0.1, 0.15) is 6.54 Å². The van der Waals surface area contributed by atoms with E-state index in [1.54, 1.807) is 55.7 Å². The lowest BCUT2D eigenvalue weighted by atomic mass is 10.2. The number of ether oxygens (including phenoxy) is 2. The van der Waals surface area contributed by atoms with Crippen molar-refractivity contribution in [1.82, 2.24) is 4.57 Å². The molecule has 0 radical (unpaired) electrons. The fourth-order valence-electron chi connectivity index (χ4n) is 2.51. The Kier molecular flexibility index (Phi) is 7.01. The van der Waals surface area contributed by atoms with Crippen LogP contribution in [0.3, 0.4) is 0 Å². The highest BCUT2D eigenvalue weighted by Gasteiger charge is 2.19. The second kappa shape index (κ2) is 9.23. The molecular weight excluding hydrogens is 372 g/mol. The van der Waals surface area contributed by atoms with Crippen molar-refractivity contribution < 1.29 is 23.9 Å². The number of carbonyl (C=O) groups is 3. The van der Waals surface area contributed by atoms with Crippen molar-refractivity contribution >= 4 is 35.1 Å². The van der Waals surface area contributed by atoms with Gasteiger partial charge in [-0.25, -0.2) is 4.79 Å². The first-order chi connectivity index (χ1) is 12.8. The molecule has 1 heterocycles. The van der Waals surface area contributed by atoms with Crippen molar-refractivity contribution in [2.45, 2.75) is 27.3 Å². The molecule has 0 unspecified atom stereocenters. The zero-order valence-electron chi connectivity index (χ0n) is 15.4. The van der Waals surface area contributed by atoms with E-state index in [1.807, 2.05) is 0 Å².